The normalized spacial score (nSPS) is 11.5. The fourth-order valence-electron chi connectivity index (χ4n) is 7.83. The Morgan fingerprint density at radius 3 is 1.44 bits per heavy atom. The molecule has 0 amide bonds. The molecule has 0 unspecified atom stereocenters. The van der Waals surface area contributed by atoms with Crippen molar-refractivity contribution in [3.8, 4) is 67.5 Å². The zero-order chi connectivity index (χ0) is 37.7. The molecule has 266 valence electrons. The first-order valence-corrected chi connectivity index (χ1v) is 19.9. The van der Waals surface area contributed by atoms with E-state index in [9.17, 15) is 0 Å². The van der Waals surface area contributed by atoms with Crippen molar-refractivity contribution in [1.29, 1.82) is 0 Å². The van der Waals surface area contributed by atoms with Gasteiger partial charge in [0.2, 0.25) is 0 Å². The van der Waals surface area contributed by atoms with E-state index in [1.807, 2.05) is 24.3 Å². The molecular formula is C52H32N4S. The molecular weight excluding hydrogens is 713 g/mol. The van der Waals surface area contributed by atoms with E-state index in [0.717, 1.165) is 54.8 Å². The summed E-state index contributed by atoms with van der Waals surface area (Å²) in [6.07, 6.45) is 0. The second-order valence-electron chi connectivity index (χ2n) is 14.2. The van der Waals surface area contributed by atoms with Crippen LogP contribution >= 0.6 is 11.3 Å². The van der Waals surface area contributed by atoms with E-state index in [1.165, 1.54) is 43.1 Å². The molecule has 0 saturated heterocycles. The van der Waals surface area contributed by atoms with E-state index in [2.05, 4.69) is 170 Å². The Labute approximate surface area is 333 Å². The van der Waals surface area contributed by atoms with Crippen LogP contribution in [0.15, 0.2) is 194 Å². The highest BCUT2D eigenvalue weighted by molar-refractivity contribution is 7.26. The summed E-state index contributed by atoms with van der Waals surface area (Å²) < 4.78 is 2.29. The van der Waals surface area contributed by atoms with E-state index >= 15 is 0 Å². The van der Waals surface area contributed by atoms with E-state index in [0.29, 0.717) is 11.6 Å². The van der Waals surface area contributed by atoms with Crippen molar-refractivity contribution >= 4 is 53.3 Å². The van der Waals surface area contributed by atoms with Gasteiger partial charge in [-0.3, -0.25) is 0 Å². The summed E-state index contributed by atoms with van der Waals surface area (Å²) in [5, 5.41) is 4.59. The third-order valence-electron chi connectivity index (χ3n) is 10.7. The van der Waals surface area contributed by atoms with Crippen LogP contribution in [0.5, 0.6) is 0 Å². The number of hydrogen-bond donors (Lipinski definition) is 0. The van der Waals surface area contributed by atoms with Gasteiger partial charge in [0, 0.05) is 37.7 Å². The second kappa shape index (κ2) is 13.7. The van der Waals surface area contributed by atoms with Crippen molar-refractivity contribution in [1.82, 2.24) is 19.9 Å². The summed E-state index contributed by atoms with van der Waals surface area (Å²) in [5.41, 5.74) is 12.4. The average Bonchev–Trinajstić information content (AvgIpc) is 3.68. The summed E-state index contributed by atoms with van der Waals surface area (Å²) in [7, 11) is 0. The van der Waals surface area contributed by atoms with Crippen molar-refractivity contribution in [3.05, 3.63) is 194 Å². The highest BCUT2D eigenvalue weighted by Gasteiger charge is 2.19. The minimum atomic E-state index is 0.674. The lowest BCUT2D eigenvalue weighted by Gasteiger charge is -2.11. The Kier molecular flexibility index (Phi) is 7.97. The summed E-state index contributed by atoms with van der Waals surface area (Å²) in [6, 6.07) is 67.9. The maximum atomic E-state index is 5.33. The number of nitrogens with zero attached hydrogens (tertiary/aromatic N) is 4. The number of fused-ring (bicyclic) bond motifs is 6. The summed E-state index contributed by atoms with van der Waals surface area (Å²) in [4.78, 5) is 20.9. The summed E-state index contributed by atoms with van der Waals surface area (Å²) >= 11 is 1.76. The molecule has 3 heterocycles. The van der Waals surface area contributed by atoms with Crippen LogP contribution in [-0.4, -0.2) is 19.9 Å². The Balaban J connectivity index is 1.02. The highest BCUT2D eigenvalue weighted by Crippen LogP contribution is 2.43. The minimum Gasteiger partial charge on any atom is -0.228 e. The van der Waals surface area contributed by atoms with Crippen LogP contribution in [0.3, 0.4) is 0 Å². The van der Waals surface area contributed by atoms with Gasteiger partial charge in [-0.2, -0.15) is 0 Å². The van der Waals surface area contributed by atoms with Gasteiger partial charge in [-0.25, -0.2) is 19.9 Å². The van der Waals surface area contributed by atoms with E-state index < -0.39 is 0 Å². The predicted molar refractivity (Wildman–Crippen MR) is 238 cm³/mol. The zero-order valence-electron chi connectivity index (χ0n) is 30.7. The topological polar surface area (TPSA) is 51.6 Å². The lowest BCUT2D eigenvalue weighted by molar-refractivity contribution is 1.22. The first kappa shape index (κ1) is 33.0. The fourth-order valence-corrected chi connectivity index (χ4v) is 9.00. The molecule has 4 nitrogen and oxygen atoms in total. The van der Waals surface area contributed by atoms with Gasteiger partial charge in [-0.15, -0.1) is 11.3 Å². The molecule has 0 saturated carbocycles. The van der Waals surface area contributed by atoms with Gasteiger partial charge in [0.05, 0.1) is 27.1 Å². The molecule has 0 aliphatic heterocycles. The molecule has 0 aliphatic carbocycles. The molecule has 11 aromatic rings. The molecule has 0 atom stereocenters. The molecule has 0 spiro atoms. The van der Waals surface area contributed by atoms with Crippen LogP contribution < -0.4 is 0 Å². The molecule has 3 aromatic heterocycles. The lowest BCUT2D eigenvalue weighted by Crippen LogP contribution is -1.96. The Morgan fingerprint density at radius 2 is 0.789 bits per heavy atom. The van der Waals surface area contributed by atoms with Gasteiger partial charge in [0.25, 0.3) is 0 Å². The standard InChI is InChI=1S/C52H32N4S/c1-3-11-33(12-4-1)35-19-23-38(24-20-35)47-43-17-9-10-18-44(43)53-51(54-47)40-27-29-41(30-28-40)52-55-48(39-25-21-36(22-26-39)34-13-5-2-6-14-34)50-49(56-52)46-42-16-8-7-15-37(42)31-32-45(46)57-50/h1-32H. The van der Waals surface area contributed by atoms with Gasteiger partial charge in [0.15, 0.2) is 11.6 Å². The van der Waals surface area contributed by atoms with Gasteiger partial charge in [-0.1, -0.05) is 182 Å². The van der Waals surface area contributed by atoms with Crippen LogP contribution in [0, 0.1) is 0 Å². The van der Waals surface area contributed by atoms with Crippen molar-refractivity contribution in [2.24, 2.45) is 0 Å². The average molecular weight is 745 g/mol. The van der Waals surface area contributed by atoms with Crippen LogP contribution in [0.4, 0.5) is 0 Å². The third kappa shape index (κ3) is 5.93. The van der Waals surface area contributed by atoms with Gasteiger partial charge in [-0.05, 0) is 45.2 Å². The zero-order valence-corrected chi connectivity index (χ0v) is 31.5. The molecule has 0 bridgehead atoms. The predicted octanol–water partition coefficient (Wildman–Crippen LogP) is 13.9. The number of hydrogen-bond acceptors (Lipinski definition) is 5. The van der Waals surface area contributed by atoms with Crippen LogP contribution in [-0.2, 0) is 0 Å². The minimum absolute atomic E-state index is 0.674. The first-order valence-electron chi connectivity index (χ1n) is 19.0. The van der Waals surface area contributed by atoms with E-state index in [4.69, 9.17) is 19.9 Å². The smallest absolute Gasteiger partial charge is 0.160 e. The highest BCUT2D eigenvalue weighted by atomic mass is 32.1. The molecule has 8 aromatic carbocycles. The fraction of sp³-hybridized carbons (Fsp3) is 0. The van der Waals surface area contributed by atoms with E-state index in [-0.39, 0.29) is 0 Å². The number of rotatable bonds is 6. The molecule has 0 aliphatic rings. The Hall–Kier alpha value is -7.34. The van der Waals surface area contributed by atoms with Crippen molar-refractivity contribution in [3.63, 3.8) is 0 Å². The van der Waals surface area contributed by atoms with E-state index in [1.54, 1.807) is 11.3 Å². The lowest BCUT2D eigenvalue weighted by atomic mass is 10.0. The molecule has 0 radical (unpaired) electrons. The summed E-state index contributed by atoms with van der Waals surface area (Å²) in [6.45, 7) is 0. The van der Waals surface area contributed by atoms with Crippen molar-refractivity contribution < 1.29 is 0 Å². The quantitative estimate of drug-likeness (QED) is 0.170. The number of benzene rings is 8. The first-order chi connectivity index (χ1) is 28.2. The number of aromatic nitrogens is 4. The largest absolute Gasteiger partial charge is 0.228 e. The number of para-hydroxylation sites is 1. The maximum Gasteiger partial charge on any atom is 0.160 e. The van der Waals surface area contributed by atoms with Crippen molar-refractivity contribution in [2.75, 3.05) is 0 Å². The van der Waals surface area contributed by atoms with Gasteiger partial charge < -0.3 is 0 Å². The SMILES string of the molecule is c1ccc(-c2ccc(-c3nc(-c4ccc(-c5nc(-c6ccc(-c7ccccc7)cc6)c6sc7ccc8ccccc8c7c6n5)cc4)nc4ccccc34)cc2)cc1. The number of thiophene rings is 1. The summed E-state index contributed by atoms with van der Waals surface area (Å²) in [5.74, 6) is 1.36. The second-order valence-corrected chi connectivity index (χ2v) is 15.3. The van der Waals surface area contributed by atoms with Crippen LogP contribution in [0.2, 0.25) is 0 Å². The maximum absolute atomic E-state index is 5.33. The Bertz CT molecular complexity index is 3250. The Morgan fingerprint density at radius 1 is 0.316 bits per heavy atom. The van der Waals surface area contributed by atoms with Gasteiger partial charge in [0.1, 0.15) is 0 Å². The van der Waals surface area contributed by atoms with Crippen LogP contribution in [0.1, 0.15) is 0 Å². The molecule has 5 heteroatoms. The van der Waals surface area contributed by atoms with Crippen molar-refractivity contribution in [2.45, 2.75) is 0 Å². The molecule has 0 fully saturated rings. The molecule has 57 heavy (non-hydrogen) atoms. The molecule has 0 N–H and O–H groups in total. The molecule has 11 rings (SSSR count). The van der Waals surface area contributed by atoms with Gasteiger partial charge >= 0.3 is 0 Å². The third-order valence-corrected chi connectivity index (χ3v) is 11.9. The van der Waals surface area contributed by atoms with Crippen LogP contribution in [0.25, 0.3) is 110 Å². The monoisotopic (exact) mass is 744 g/mol.